The lowest BCUT2D eigenvalue weighted by atomic mass is 10.2. The number of likely N-dealkylation sites (tertiary alicyclic amines) is 1. The van der Waals surface area contributed by atoms with E-state index in [0.29, 0.717) is 0 Å². The van der Waals surface area contributed by atoms with Gasteiger partial charge in [0.1, 0.15) is 0 Å². The average Bonchev–Trinajstić information content (AvgIpc) is 2.37. The summed E-state index contributed by atoms with van der Waals surface area (Å²) >= 11 is 0. The Morgan fingerprint density at radius 2 is 2.21 bits per heavy atom. The van der Waals surface area contributed by atoms with Crippen LogP contribution < -0.4 is 0 Å². The van der Waals surface area contributed by atoms with Crippen LogP contribution in [-0.4, -0.2) is 55.6 Å². The van der Waals surface area contributed by atoms with Gasteiger partial charge in [-0.1, -0.05) is 0 Å². The fourth-order valence-corrected chi connectivity index (χ4v) is 1.55. The van der Waals surface area contributed by atoms with Gasteiger partial charge in [0.05, 0.1) is 19.7 Å². The molecular weight excluding hydrogens is 194 g/mol. The maximum atomic E-state index is 12.9. The van der Waals surface area contributed by atoms with Gasteiger partial charge in [0.15, 0.2) is 0 Å². The highest BCUT2D eigenvalue weighted by Gasteiger charge is 2.47. The molecule has 0 radical (unpaired) electrons. The lowest BCUT2D eigenvalue weighted by Gasteiger charge is -2.22. The molecule has 0 aliphatic carbocycles. The Hall–Kier alpha value is -0.750. The highest BCUT2D eigenvalue weighted by molar-refractivity contribution is 5.81. The first-order valence-corrected chi connectivity index (χ1v) is 4.27. The molecule has 1 atom stereocenters. The number of nitrogens with zero attached hydrogens (tertiary/aromatic N) is 2. The van der Waals surface area contributed by atoms with Crippen LogP contribution in [-0.2, 0) is 9.63 Å². The van der Waals surface area contributed by atoms with Crippen molar-refractivity contribution in [2.24, 2.45) is 0 Å². The van der Waals surface area contributed by atoms with Crippen LogP contribution in [0.4, 0.5) is 8.78 Å². The second kappa shape index (κ2) is 3.78. The zero-order valence-corrected chi connectivity index (χ0v) is 8.46. The van der Waals surface area contributed by atoms with Crippen LogP contribution in [0.5, 0.6) is 0 Å². The summed E-state index contributed by atoms with van der Waals surface area (Å²) in [6.07, 6.45) is -0.434. The number of rotatable bonds is 2. The van der Waals surface area contributed by atoms with Gasteiger partial charge in [0.25, 0.3) is 11.8 Å². The van der Waals surface area contributed by atoms with E-state index in [1.807, 2.05) is 0 Å². The van der Waals surface area contributed by atoms with Crippen LogP contribution in [0, 0.1) is 0 Å². The molecule has 14 heavy (non-hydrogen) atoms. The summed E-state index contributed by atoms with van der Waals surface area (Å²) in [5.41, 5.74) is 0. The lowest BCUT2D eigenvalue weighted by Crippen LogP contribution is -2.41. The molecule has 1 heterocycles. The van der Waals surface area contributed by atoms with Crippen molar-refractivity contribution in [1.82, 2.24) is 9.96 Å². The predicted molar refractivity (Wildman–Crippen MR) is 45.8 cm³/mol. The summed E-state index contributed by atoms with van der Waals surface area (Å²) in [6, 6.07) is -0.782. The van der Waals surface area contributed by atoms with E-state index in [4.69, 9.17) is 0 Å². The summed E-state index contributed by atoms with van der Waals surface area (Å²) in [5, 5.41) is 0.975. The predicted octanol–water partition coefficient (Wildman–Crippen LogP) is 0.346. The number of halogens is 2. The molecule has 0 saturated carbocycles. The summed E-state index contributed by atoms with van der Waals surface area (Å²) in [5.74, 6) is -3.21. The van der Waals surface area contributed by atoms with Gasteiger partial charge in [-0.15, -0.1) is 0 Å². The number of hydrogen-bond acceptors (Lipinski definition) is 3. The molecule has 0 aromatic rings. The van der Waals surface area contributed by atoms with Crippen LogP contribution in [0.15, 0.2) is 0 Å². The summed E-state index contributed by atoms with van der Waals surface area (Å²) in [4.78, 5) is 17.5. The van der Waals surface area contributed by atoms with Gasteiger partial charge >= 0.3 is 0 Å². The third kappa shape index (κ3) is 2.19. The number of alkyl halides is 2. The molecular formula is C8H14F2N2O2. The summed E-state index contributed by atoms with van der Waals surface area (Å²) < 4.78 is 25.8. The molecule has 1 aliphatic heterocycles. The van der Waals surface area contributed by atoms with Gasteiger partial charge in [-0.05, 0) is 7.05 Å². The monoisotopic (exact) mass is 208 g/mol. The summed E-state index contributed by atoms with van der Waals surface area (Å²) in [7, 11) is 4.24. The van der Waals surface area contributed by atoms with Gasteiger partial charge in [-0.2, -0.15) is 0 Å². The zero-order valence-electron chi connectivity index (χ0n) is 8.46. The van der Waals surface area contributed by atoms with E-state index < -0.39 is 24.3 Å². The minimum absolute atomic E-state index is 0.374. The van der Waals surface area contributed by atoms with Crippen LogP contribution in [0.25, 0.3) is 0 Å². The van der Waals surface area contributed by atoms with Crippen molar-refractivity contribution in [3.05, 3.63) is 0 Å². The van der Waals surface area contributed by atoms with E-state index in [-0.39, 0.29) is 6.54 Å². The maximum absolute atomic E-state index is 12.9. The first-order valence-electron chi connectivity index (χ1n) is 4.27. The Morgan fingerprint density at radius 1 is 1.64 bits per heavy atom. The Morgan fingerprint density at radius 3 is 2.57 bits per heavy atom. The van der Waals surface area contributed by atoms with E-state index in [9.17, 15) is 13.6 Å². The number of hydroxylamine groups is 2. The molecule has 1 aliphatic rings. The normalized spacial score (nSPS) is 26.5. The molecule has 6 heteroatoms. The second-order valence-corrected chi connectivity index (χ2v) is 3.51. The number of amides is 1. The number of hydrogen-bond donors (Lipinski definition) is 0. The molecule has 1 rings (SSSR count). The number of likely N-dealkylation sites (N-methyl/N-ethyl adjacent to an activating group) is 2. The van der Waals surface area contributed by atoms with Crippen molar-refractivity contribution < 1.29 is 18.4 Å². The van der Waals surface area contributed by atoms with E-state index in [1.54, 1.807) is 0 Å². The molecule has 1 fully saturated rings. The van der Waals surface area contributed by atoms with Crippen LogP contribution >= 0.6 is 0 Å². The molecule has 0 unspecified atom stereocenters. The van der Waals surface area contributed by atoms with E-state index in [0.717, 1.165) is 5.06 Å². The van der Waals surface area contributed by atoms with Gasteiger partial charge in [-0.25, -0.2) is 13.8 Å². The van der Waals surface area contributed by atoms with Crippen molar-refractivity contribution in [1.29, 1.82) is 0 Å². The first kappa shape index (κ1) is 11.3. The molecule has 0 N–H and O–H groups in total. The fourth-order valence-electron chi connectivity index (χ4n) is 1.55. The SMILES string of the molecule is CON(C)C(=O)[C@@H]1CC(F)(F)CN1C. The fraction of sp³-hybridized carbons (Fsp3) is 0.875. The molecule has 0 aromatic carbocycles. The smallest absolute Gasteiger partial charge is 0.263 e. The van der Waals surface area contributed by atoms with Crippen molar-refractivity contribution in [2.75, 3.05) is 27.7 Å². The molecule has 0 aromatic heterocycles. The highest BCUT2D eigenvalue weighted by Crippen LogP contribution is 2.31. The second-order valence-electron chi connectivity index (χ2n) is 3.51. The summed E-state index contributed by atoms with van der Waals surface area (Å²) in [6.45, 7) is -0.374. The molecule has 4 nitrogen and oxygen atoms in total. The zero-order chi connectivity index (χ0) is 10.9. The van der Waals surface area contributed by atoms with Crippen LogP contribution in [0.1, 0.15) is 6.42 Å². The molecule has 0 spiro atoms. The van der Waals surface area contributed by atoms with Gasteiger partial charge in [-0.3, -0.25) is 14.5 Å². The Bertz CT molecular complexity index is 235. The van der Waals surface area contributed by atoms with Gasteiger partial charge < -0.3 is 0 Å². The van der Waals surface area contributed by atoms with Crippen molar-refractivity contribution >= 4 is 5.91 Å². The third-order valence-electron chi connectivity index (χ3n) is 2.37. The van der Waals surface area contributed by atoms with Crippen molar-refractivity contribution in [2.45, 2.75) is 18.4 Å². The largest absolute Gasteiger partial charge is 0.289 e. The molecule has 1 amide bonds. The Kier molecular flexibility index (Phi) is 3.06. The van der Waals surface area contributed by atoms with Crippen LogP contribution in [0.3, 0.4) is 0 Å². The standard InChI is InChI=1S/C8H14F2N2O2/c1-11-5-8(9,10)4-6(11)7(13)12(2)14-3/h6H,4-5H2,1-3H3/t6-/m0/s1. The van der Waals surface area contributed by atoms with Crippen molar-refractivity contribution in [3.8, 4) is 0 Å². The van der Waals surface area contributed by atoms with E-state index in [2.05, 4.69) is 4.84 Å². The van der Waals surface area contributed by atoms with E-state index >= 15 is 0 Å². The molecule has 1 saturated heterocycles. The maximum Gasteiger partial charge on any atom is 0.263 e. The number of carbonyl (C=O) groups is 1. The van der Waals surface area contributed by atoms with Crippen LogP contribution in [0.2, 0.25) is 0 Å². The Labute approximate surface area is 81.4 Å². The van der Waals surface area contributed by atoms with E-state index in [1.165, 1.54) is 26.1 Å². The minimum atomic E-state index is -2.77. The highest BCUT2D eigenvalue weighted by atomic mass is 19.3. The Balaban J connectivity index is 2.66. The molecule has 82 valence electrons. The van der Waals surface area contributed by atoms with Gasteiger partial charge in [0.2, 0.25) is 0 Å². The first-order chi connectivity index (χ1) is 6.37. The topological polar surface area (TPSA) is 32.8 Å². The lowest BCUT2D eigenvalue weighted by molar-refractivity contribution is -0.173. The number of carbonyl (C=O) groups excluding carboxylic acids is 1. The van der Waals surface area contributed by atoms with Crippen molar-refractivity contribution in [3.63, 3.8) is 0 Å². The average molecular weight is 208 g/mol. The van der Waals surface area contributed by atoms with Gasteiger partial charge in [0, 0.05) is 13.5 Å². The quantitative estimate of drug-likeness (QED) is 0.614. The molecule has 0 bridgehead atoms. The minimum Gasteiger partial charge on any atom is -0.289 e. The third-order valence-corrected chi connectivity index (χ3v) is 2.37.